The van der Waals surface area contributed by atoms with Gasteiger partial charge >= 0.3 is 0 Å². The zero-order valence-electron chi connectivity index (χ0n) is 15.5. The Bertz CT molecular complexity index is 769. The predicted octanol–water partition coefficient (Wildman–Crippen LogP) is 2.64. The van der Waals surface area contributed by atoms with E-state index in [-0.39, 0.29) is 36.9 Å². The van der Waals surface area contributed by atoms with Gasteiger partial charge in [-0.1, -0.05) is 36.0 Å². The summed E-state index contributed by atoms with van der Waals surface area (Å²) >= 11 is 11.8. The molecule has 152 valence electrons. The van der Waals surface area contributed by atoms with E-state index in [0.717, 1.165) is 25.7 Å². The molecule has 0 radical (unpaired) electrons. The van der Waals surface area contributed by atoms with Crippen LogP contribution in [-0.4, -0.2) is 53.7 Å². The third-order valence-electron chi connectivity index (χ3n) is 6.27. The second-order valence-corrected chi connectivity index (χ2v) is 9.02. The van der Waals surface area contributed by atoms with E-state index in [0.29, 0.717) is 21.7 Å². The summed E-state index contributed by atoms with van der Waals surface area (Å²) in [7, 11) is 0. The molecule has 1 aromatic carbocycles. The van der Waals surface area contributed by atoms with Crippen LogP contribution in [0.25, 0.3) is 0 Å². The molecule has 1 heterocycles. The van der Waals surface area contributed by atoms with Gasteiger partial charge in [0.25, 0.3) is 5.91 Å². The second kappa shape index (κ2) is 7.73. The highest BCUT2D eigenvalue weighted by Crippen LogP contribution is 2.61. The molecule has 4 rings (SSSR count). The highest BCUT2D eigenvalue weighted by atomic mass is 35.5. The van der Waals surface area contributed by atoms with Gasteiger partial charge in [-0.25, -0.2) is 0 Å². The van der Waals surface area contributed by atoms with Gasteiger partial charge in [-0.05, 0) is 43.4 Å². The van der Waals surface area contributed by atoms with E-state index in [2.05, 4.69) is 5.32 Å². The van der Waals surface area contributed by atoms with Crippen LogP contribution >= 0.6 is 23.2 Å². The number of benzene rings is 1. The molecule has 3 aliphatic rings. The van der Waals surface area contributed by atoms with Crippen LogP contribution in [0.4, 0.5) is 0 Å². The molecule has 1 aromatic rings. The first-order chi connectivity index (χ1) is 13.4. The first-order valence-electron chi connectivity index (χ1n) is 9.73. The molecule has 0 aromatic heterocycles. The number of hydrogen-bond donors (Lipinski definition) is 2. The average molecular weight is 427 g/mol. The van der Waals surface area contributed by atoms with Crippen molar-refractivity contribution in [1.29, 1.82) is 0 Å². The standard InChI is InChI=1S/C20H24Cl2N2O4/c21-13-5-14(22)7-15(6-13)28-11-18(26)24-9-16(17(25)10-24)23-19(27)20-4-2-1-3-12(20)8-20/h5-7,12,16-17,25H,1-4,8-11H2,(H,23,27)/t12?,16-,17-,20?/m1/s1. The van der Waals surface area contributed by atoms with E-state index in [4.69, 9.17) is 27.9 Å². The number of likely N-dealkylation sites (tertiary alicyclic amines) is 1. The van der Waals surface area contributed by atoms with Crippen molar-refractivity contribution in [3.8, 4) is 5.75 Å². The molecule has 2 saturated carbocycles. The summed E-state index contributed by atoms with van der Waals surface area (Å²) < 4.78 is 5.48. The molecule has 0 spiro atoms. The zero-order valence-corrected chi connectivity index (χ0v) is 17.0. The van der Waals surface area contributed by atoms with Crippen LogP contribution in [0.15, 0.2) is 18.2 Å². The number of hydrogen-bond acceptors (Lipinski definition) is 4. The van der Waals surface area contributed by atoms with Crippen molar-refractivity contribution in [2.24, 2.45) is 11.3 Å². The van der Waals surface area contributed by atoms with Gasteiger partial charge in [0.1, 0.15) is 5.75 Å². The summed E-state index contributed by atoms with van der Waals surface area (Å²) in [6.07, 6.45) is 4.53. The normalized spacial score (nSPS) is 31.2. The fraction of sp³-hybridized carbons (Fsp3) is 0.600. The van der Waals surface area contributed by atoms with E-state index in [1.165, 1.54) is 11.3 Å². The number of ether oxygens (including phenoxy) is 1. The highest BCUT2D eigenvalue weighted by Gasteiger charge is 2.60. The van der Waals surface area contributed by atoms with E-state index in [1.807, 2.05) is 0 Å². The van der Waals surface area contributed by atoms with Crippen LogP contribution in [0, 0.1) is 11.3 Å². The second-order valence-electron chi connectivity index (χ2n) is 8.14. The summed E-state index contributed by atoms with van der Waals surface area (Å²) in [6, 6.07) is 4.31. The van der Waals surface area contributed by atoms with E-state index in [9.17, 15) is 14.7 Å². The molecule has 2 aliphatic carbocycles. The van der Waals surface area contributed by atoms with Gasteiger partial charge in [0.15, 0.2) is 6.61 Å². The number of rotatable bonds is 5. The lowest BCUT2D eigenvalue weighted by molar-refractivity contribution is -0.133. The van der Waals surface area contributed by atoms with Gasteiger partial charge in [0, 0.05) is 23.1 Å². The monoisotopic (exact) mass is 426 g/mol. The highest BCUT2D eigenvalue weighted by molar-refractivity contribution is 6.34. The van der Waals surface area contributed by atoms with Crippen molar-refractivity contribution < 1.29 is 19.4 Å². The fourth-order valence-corrected chi connectivity index (χ4v) is 5.09. The van der Waals surface area contributed by atoms with Gasteiger partial charge in [0.2, 0.25) is 5.91 Å². The largest absolute Gasteiger partial charge is 0.484 e. The molecule has 28 heavy (non-hydrogen) atoms. The molecule has 0 bridgehead atoms. The zero-order chi connectivity index (χ0) is 19.9. The molecule has 1 aliphatic heterocycles. The van der Waals surface area contributed by atoms with Crippen LogP contribution in [-0.2, 0) is 9.59 Å². The van der Waals surface area contributed by atoms with Crippen LogP contribution in [0.5, 0.6) is 5.75 Å². The number of aliphatic hydroxyl groups is 1. The Kier molecular flexibility index (Phi) is 5.47. The minimum Gasteiger partial charge on any atom is -0.484 e. The van der Waals surface area contributed by atoms with Gasteiger partial charge in [-0.2, -0.15) is 0 Å². The molecule has 4 atom stereocenters. The van der Waals surface area contributed by atoms with Crippen molar-refractivity contribution in [3.63, 3.8) is 0 Å². The van der Waals surface area contributed by atoms with E-state index < -0.39 is 12.1 Å². The summed E-state index contributed by atoms with van der Waals surface area (Å²) in [5.41, 5.74) is -0.218. The molecule has 2 amide bonds. The number of amides is 2. The van der Waals surface area contributed by atoms with Crippen LogP contribution in [0.3, 0.4) is 0 Å². The van der Waals surface area contributed by atoms with Crippen molar-refractivity contribution in [1.82, 2.24) is 10.2 Å². The molecule has 8 heteroatoms. The Morgan fingerprint density at radius 2 is 1.96 bits per heavy atom. The molecule has 6 nitrogen and oxygen atoms in total. The number of fused-ring (bicyclic) bond motifs is 1. The van der Waals surface area contributed by atoms with Gasteiger partial charge in [-0.3, -0.25) is 9.59 Å². The Balaban J connectivity index is 1.29. The number of nitrogens with zero attached hydrogens (tertiary/aromatic N) is 1. The first kappa shape index (κ1) is 19.8. The summed E-state index contributed by atoms with van der Waals surface area (Å²) in [6.45, 7) is 0.280. The fourth-order valence-electron chi connectivity index (χ4n) is 4.58. The Hall–Kier alpha value is -1.50. The lowest BCUT2D eigenvalue weighted by Gasteiger charge is -2.24. The summed E-state index contributed by atoms with van der Waals surface area (Å²) in [5, 5.41) is 14.2. The molecular weight excluding hydrogens is 403 g/mol. The smallest absolute Gasteiger partial charge is 0.260 e. The maximum Gasteiger partial charge on any atom is 0.260 e. The number of nitrogens with one attached hydrogen (secondary N) is 1. The number of aliphatic hydroxyl groups excluding tert-OH is 1. The maximum atomic E-state index is 12.7. The Morgan fingerprint density at radius 3 is 2.68 bits per heavy atom. The number of halogens is 2. The minimum atomic E-state index is -0.772. The van der Waals surface area contributed by atoms with Crippen LogP contribution in [0.2, 0.25) is 10.0 Å². The lowest BCUT2D eigenvalue weighted by Crippen LogP contribution is -2.47. The van der Waals surface area contributed by atoms with Gasteiger partial charge in [-0.15, -0.1) is 0 Å². The van der Waals surface area contributed by atoms with E-state index in [1.54, 1.807) is 18.2 Å². The molecule has 2 unspecified atom stereocenters. The summed E-state index contributed by atoms with van der Waals surface area (Å²) in [5.74, 6) is 0.689. The first-order valence-corrected chi connectivity index (χ1v) is 10.5. The van der Waals surface area contributed by atoms with Crippen molar-refractivity contribution in [3.05, 3.63) is 28.2 Å². The van der Waals surface area contributed by atoms with Crippen molar-refractivity contribution in [2.75, 3.05) is 19.7 Å². The number of carbonyl (C=O) groups excluding carboxylic acids is 2. The van der Waals surface area contributed by atoms with Crippen molar-refractivity contribution in [2.45, 2.75) is 44.2 Å². The van der Waals surface area contributed by atoms with Crippen LogP contribution in [0.1, 0.15) is 32.1 Å². The lowest BCUT2D eigenvalue weighted by atomic mass is 9.87. The molecule has 3 fully saturated rings. The molecule has 1 saturated heterocycles. The third kappa shape index (κ3) is 3.95. The molecule has 2 N–H and O–H groups in total. The predicted molar refractivity (Wildman–Crippen MR) is 105 cm³/mol. The SMILES string of the molecule is O=C(COc1cc(Cl)cc(Cl)c1)N1C[C@@H](O)[C@H](NC(=O)C23CCCCC2C3)C1. The molecular formula is C20H24Cl2N2O4. The van der Waals surface area contributed by atoms with Gasteiger partial charge < -0.3 is 20.1 Å². The van der Waals surface area contributed by atoms with E-state index >= 15 is 0 Å². The minimum absolute atomic E-state index is 0.0420. The average Bonchev–Trinajstić information content (AvgIpc) is 3.30. The van der Waals surface area contributed by atoms with Crippen molar-refractivity contribution >= 4 is 35.0 Å². The topological polar surface area (TPSA) is 78.9 Å². The Morgan fingerprint density at radius 1 is 1.21 bits per heavy atom. The number of β-amino-alcohol motifs (C(OH)–C–C–N with tert-alkyl or cyclic N) is 1. The summed E-state index contributed by atoms with van der Waals surface area (Å²) in [4.78, 5) is 26.7. The van der Waals surface area contributed by atoms with Crippen LogP contribution < -0.4 is 10.1 Å². The maximum absolute atomic E-state index is 12.7. The Labute approximate surface area is 174 Å². The number of carbonyl (C=O) groups is 2. The third-order valence-corrected chi connectivity index (χ3v) is 6.70. The quantitative estimate of drug-likeness (QED) is 0.758. The van der Waals surface area contributed by atoms with Gasteiger partial charge in [0.05, 0.1) is 17.6 Å².